The standard InChI is InChI=1S/C19H26O6/c1-3-15(21)24-10-9-13-14(20)11-19(17(23)25-18(13,19)2)16(22)12-7-5-4-6-8-12/h5,7,12-13,16,22H,3-4,6,8-11H2,1-2H3/t12-,13+,16+,18+,19-/m1/s1. The molecule has 6 heteroatoms. The van der Waals surface area contributed by atoms with Crippen LogP contribution in [0.5, 0.6) is 0 Å². The molecule has 5 atom stereocenters. The molecule has 1 saturated heterocycles. The molecule has 25 heavy (non-hydrogen) atoms. The second-order valence-electron chi connectivity index (χ2n) is 7.49. The summed E-state index contributed by atoms with van der Waals surface area (Å²) in [5.74, 6) is -1.58. The Morgan fingerprint density at radius 2 is 2.24 bits per heavy atom. The number of ether oxygens (including phenoxy) is 2. The highest BCUT2D eigenvalue weighted by molar-refractivity contribution is 6.00. The zero-order chi connectivity index (χ0) is 18.2. The van der Waals surface area contributed by atoms with E-state index in [2.05, 4.69) is 0 Å². The molecular formula is C19H26O6. The van der Waals surface area contributed by atoms with Crippen LogP contribution >= 0.6 is 0 Å². The highest BCUT2D eigenvalue weighted by Gasteiger charge is 2.78. The summed E-state index contributed by atoms with van der Waals surface area (Å²) in [6.07, 6.45) is 6.37. The molecule has 2 fully saturated rings. The number of aliphatic hydroxyl groups excluding tert-OH is 1. The van der Waals surface area contributed by atoms with Gasteiger partial charge < -0.3 is 14.6 Å². The Balaban J connectivity index is 1.78. The average molecular weight is 350 g/mol. The normalized spacial score (nSPS) is 37.9. The number of ketones is 1. The molecule has 0 bridgehead atoms. The van der Waals surface area contributed by atoms with Crippen LogP contribution in [0.3, 0.4) is 0 Å². The van der Waals surface area contributed by atoms with Crippen LogP contribution in [0.25, 0.3) is 0 Å². The fraction of sp³-hybridized carbons (Fsp3) is 0.737. The van der Waals surface area contributed by atoms with E-state index in [4.69, 9.17) is 9.47 Å². The fourth-order valence-electron chi connectivity index (χ4n) is 4.68. The summed E-state index contributed by atoms with van der Waals surface area (Å²) in [6.45, 7) is 3.56. The van der Waals surface area contributed by atoms with Gasteiger partial charge in [0.1, 0.15) is 16.8 Å². The molecule has 3 aliphatic rings. The fourth-order valence-corrected chi connectivity index (χ4v) is 4.68. The van der Waals surface area contributed by atoms with E-state index in [0.29, 0.717) is 6.42 Å². The third kappa shape index (κ3) is 2.62. The van der Waals surface area contributed by atoms with Crippen molar-refractivity contribution >= 4 is 17.7 Å². The van der Waals surface area contributed by atoms with Crippen molar-refractivity contribution < 1.29 is 29.0 Å². The second kappa shape index (κ2) is 6.56. The first-order valence-corrected chi connectivity index (χ1v) is 9.13. The number of carbonyl (C=O) groups is 3. The highest BCUT2D eigenvalue weighted by Crippen LogP contribution is 2.62. The van der Waals surface area contributed by atoms with E-state index in [1.807, 2.05) is 12.2 Å². The first-order valence-electron chi connectivity index (χ1n) is 9.13. The van der Waals surface area contributed by atoms with Crippen LogP contribution in [0.1, 0.15) is 52.4 Å². The SMILES string of the molecule is CCC(=O)OCC[C@H]1C(=O)C[C@@]2([C@@H](O)[C@@H]3C=CCCC3)C(=O)O[C@@]12C. The zero-order valence-electron chi connectivity index (χ0n) is 14.8. The summed E-state index contributed by atoms with van der Waals surface area (Å²) >= 11 is 0. The maximum absolute atomic E-state index is 12.6. The van der Waals surface area contributed by atoms with Crippen LogP contribution in [0.15, 0.2) is 12.2 Å². The highest BCUT2D eigenvalue weighted by atomic mass is 16.6. The first kappa shape index (κ1) is 18.1. The quantitative estimate of drug-likeness (QED) is 0.582. The van der Waals surface area contributed by atoms with Gasteiger partial charge >= 0.3 is 11.9 Å². The Morgan fingerprint density at radius 3 is 2.84 bits per heavy atom. The van der Waals surface area contributed by atoms with Gasteiger partial charge in [0.25, 0.3) is 0 Å². The number of allylic oxidation sites excluding steroid dienone is 1. The van der Waals surface area contributed by atoms with Crippen molar-refractivity contribution in [2.24, 2.45) is 17.3 Å². The monoisotopic (exact) mass is 350 g/mol. The van der Waals surface area contributed by atoms with Crippen LogP contribution in [0.4, 0.5) is 0 Å². The van der Waals surface area contributed by atoms with Crippen LogP contribution in [0.2, 0.25) is 0 Å². The van der Waals surface area contributed by atoms with Gasteiger partial charge in [0.15, 0.2) is 0 Å². The smallest absolute Gasteiger partial charge is 0.319 e. The second-order valence-corrected chi connectivity index (χ2v) is 7.49. The molecule has 138 valence electrons. The van der Waals surface area contributed by atoms with Gasteiger partial charge in [-0.25, -0.2) is 0 Å². The van der Waals surface area contributed by atoms with E-state index in [9.17, 15) is 19.5 Å². The first-order chi connectivity index (χ1) is 11.9. The van der Waals surface area contributed by atoms with Crippen molar-refractivity contribution in [3.8, 4) is 0 Å². The van der Waals surface area contributed by atoms with E-state index in [0.717, 1.165) is 19.3 Å². The number of fused-ring (bicyclic) bond motifs is 1. The van der Waals surface area contributed by atoms with Crippen molar-refractivity contribution in [1.82, 2.24) is 0 Å². The van der Waals surface area contributed by atoms with Crippen LogP contribution in [-0.4, -0.2) is 41.1 Å². The van der Waals surface area contributed by atoms with Crippen molar-refractivity contribution in [3.05, 3.63) is 12.2 Å². The molecule has 0 aromatic heterocycles. The van der Waals surface area contributed by atoms with Gasteiger partial charge in [-0.05, 0) is 32.6 Å². The molecule has 0 unspecified atom stereocenters. The minimum absolute atomic E-state index is 0.000229. The Kier molecular flexibility index (Phi) is 4.75. The summed E-state index contributed by atoms with van der Waals surface area (Å²) in [7, 11) is 0. The van der Waals surface area contributed by atoms with E-state index < -0.39 is 29.0 Å². The predicted octanol–water partition coefficient (Wildman–Crippen LogP) is 1.94. The van der Waals surface area contributed by atoms with E-state index >= 15 is 0 Å². The molecule has 1 saturated carbocycles. The Bertz CT molecular complexity index is 611. The van der Waals surface area contributed by atoms with Gasteiger partial charge in [0.2, 0.25) is 0 Å². The van der Waals surface area contributed by atoms with Gasteiger partial charge in [0.05, 0.1) is 18.6 Å². The molecular weight excluding hydrogens is 324 g/mol. The van der Waals surface area contributed by atoms with Gasteiger partial charge in [-0.1, -0.05) is 19.1 Å². The Hall–Kier alpha value is -1.69. The summed E-state index contributed by atoms with van der Waals surface area (Å²) in [5, 5.41) is 11.0. The molecule has 0 aromatic rings. The van der Waals surface area contributed by atoms with Gasteiger partial charge in [-0.3, -0.25) is 14.4 Å². The summed E-state index contributed by atoms with van der Waals surface area (Å²) in [6, 6.07) is 0. The molecule has 1 N–H and O–H groups in total. The summed E-state index contributed by atoms with van der Waals surface area (Å²) in [5.41, 5.74) is -2.19. The predicted molar refractivity (Wildman–Crippen MR) is 88.4 cm³/mol. The molecule has 2 aliphatic carbocycles. The lowest BCUT2D eigenvalue weighted by atomic mass is 9.60. The van der Waals surface area contributed by atoms with Crippen LogP contribution < -0.4 is 0 Å². The minimum Gasteiger partial charge on any atom is -0.466 e. The van der Waals surface area contributed by atoms with Crippen molar-refractivity contribution in [2.75, 3.05) is 6.61 Å². The summed E-state index contributed by atoms with van der Waals surface area (Å²) < 4.78 is 10.5. The lowest BCUT2D eigenvalue weighted by molar-refractivity contribution is -0.263. The van der Waals surface area contributed by atoms with E-state index in [-0.39, 0.29) is 37.1 Å². The number of rotatable bonds is 6. The van der Waals surface area contributed by atoms with Gasteiger partial charge in [0, 0.05) is 18.8 Å². The molecule has 0 amide bonds. The molecule has 1 aliphatic heterocycles. The Morgan fingerprint density at radius 1 is 1.48 bits per heavy atom. The maximum atomic E-state index is 12.6. The third-order valence-electron chi connectivity index (χ3n) is 6.22. The lowest BCUT2D eigenvalue weighted by Crippen LogP contribution is -2.70. The zero-order valence-corrected chi connectivity index (χ0v) is 14.8. The Labute approximate surface area is 147 Å². The maximum Gasteiger partial charge on any atom is 0.319 e. The van der Waals surface area contributed by atoms with Crippen LogP contribution in [0, 0.1) is 17.3 Å². The minimum atomic E-state index is -1.17. The van der Waals surface area contributed by atoms with Crippen molar-refractivity contribution in [3.63, 3.8) is 0 Å². The van der Waals surface area contributed by atoms with Crippen LogP contribution in [-0.2, 0) is 23.9 Å². The number of hydrogen-bond donors (Lipinski definition) is 1. The molecule has 0 aromatic carbocycles. The number of esters is 2. The molecule has 0 radical (unpaired) electrons. The number of hydrogen-bond acceptors (Lipinski definition) is 6. The lowest BCUT2D eigenvalue weighted by Gasteiger charge is -2.55. The molecule has 0 spiro atoms. The molecule has 1 heterocycles. The van der Waals surface area contributed by atoms with Gasteiger partial charge in [-0.15, -0.1) is 0 Å². The molecule has 6 nitrogen and oxygen atoms in total. The molecule has 3 rings (SSSR count). The topological polar surface area (TPSA) is 89.9 Å². The summed E-state index contributed by atoms with van der Waals surface area (Å²) in [4.78, 5) is 36.3. The number of Topliss-reactive ketones (excluding diaryl/α,β-unsaturated/α-hetero) is 1. The largest absolute Gasteiger partial charge is 0.466 e. The third-order valence-corrected chi connectivity index (χ3v) is 6.22. The number of carbonyl (C=O) groups excluding carboxylic acids is 3. The van der Waals surface area contributed by atoms with E-state index in [1.54, 1.807) is 13.8 Å². The van der Waals surface area contributed by atoms with Crippen molar-refractivity contribution in [2.45, 2.75) is 64.1 Å². The van der Waals surface area contributed by atoms with Gasteiger partial charge in [-0.2, -0.15) is 0 Å². The number of aliphatic hydroxyl groups is 1. The average Bonchev–Trinajstić information content (AvgIpc) is 2.79. The van der Waals surface area contributed by atoms with E-state index in [1.165, 1.54) is 0 Å². The van der Waals surface area contributed by atoms with Crippen molar-refractivity contribution in [1.29, 1.82) is 0 Å².